The third-order valence-electron chi connectivity index (χ3n) is 5.98. The lowest BCUT2D eigenvalue weighted by molar-refractivity contribution is -0.124. The Bertz CT molecular complexity index is 1170. The maximum atomic E-state index is 12.9. The highest BCUT2D eigenvalue weighted by Crippen LogP contribution is 2.41. The molecule has 9 nitrogen and oxygen atoms in total. The van der Waals surface area contributed by atoms with E-state index in [1.54, 1.807) is 14.2 Å². The number of aromatic nitrogens is 3. The van der Waals surface area contributed by atoms with Crippen molar-refractivity contribution in [2.24, 2.45) is 0 Å². The van der Waals surface area contributed by atoms with Crippen LogP contribution in [0.1, 0.15) is 17.3 Å². The molecule has 3 aromatic rings. The minimum atomic E-state index is -0.607. The molecule has 31 heavy (non-hydrogen) atoms. The molecule has 1 saturated heterocycles. The molecule has 0 radical (unpaired) electrons. The first-order valence-electron chi connectivity index (χ1n) is 9.97. The van der Waals surface area contributed by atoms with Gasteiger partial charge in [-0.3, -0.25) is 14.7 Å². The lowest BCUT2D eigenvalue weighted by atomic mass is 10.1. The zero-order valence-electron chi connectivity index (χ0n) is 17.4. The summed E-state index contributed by atoms with van der Waals surface area (Å²) in [4.78, 5) is 28.8. The van der Waals surface area contributed by atoms with Crippen LogP contribution in [0.15, 0.2) is 48.5 Å². The van der Waals surface area contributed by atoms with Gasteiger partial charge in [0, 0.05) is 19.2 Å². The SMILES string of the molecule is COc1ccc(-c2nnc3n2C2C(C(=O)NC(=O)N2C)N3Cc2ccccc2C)cc1. The topological polar surface area (TPSA) is 92.6 Å². The molecule has 5 rings (SSSR count). The van der Waals surface area contributed by atoms with Gasteiger partial charge in [-0.25, -0.2) is 4.79 Å². The van der Waals surface area contributed by atoms with E-state index in [0.29, 0.717) is 18.3 Å². The second-order valence-corrected chi connectivity index (χ2v) is 7.74. The van der Waals surface area contributed by atoms with E-state index in [1.807, 2.05) is 64.9 Å². The lowest BCUT2D eigenvalue weighted by Gasteiger charge is -2.37. The molecule has 1 aromatic heterocycles. The normalized spacial score (nSPS) is 19.8. The van der Waals surface area contributed by atoms with E-state index < -0.39 is 18.2 Å². The van der Waals surface area contributed by atoms with Crippen molar-refractivity contribution in [3.05, 3.63) is 59.7 Å². The van der Waals surface area contributed by atoms with E-state index in [9.17, 15) is 9.59 Å². The van der Waals surface area contributed by atoms with Crippen LogP contribution in [-0.4, -0.2) is 51.8 Å². The van der Waals surface area contributed by atoms with Crippen molar-refractivity contribution in [3.63, 3.8) is 0 Å². The number of anilines is 1. The lowest BCUT2D eigenvalue weighted by Crippen LogP contribution is -2.61. The van der Waals surface area contributed by atoms with Gasteiger partial charge < -0.3 is 14.5 Å². The fourth-order valence-electron chi connectivity index (χ4n) is 4.28. The maximum Gasteiger partial charge on any atom is 0.325 e. The molecule has 2 aliphatic rings. The van der Waals surface area contributed by atoms with E-state index in [-0.39, 0.29) is 5.91 Å². The van der Waals surface area contributed by atoms with Gasteiger partial charge in [-0.05, 0) is 42.3 Å². The predicted molar refractivity (Wildman–Crippen MR) is 113 cm³/mol. The van der Waals surface area contributed by atoms with Crippen LogP contribution in [0.5, 0.6) is 5.75 Å². The summed E-state index contributed by atoms with van der Waals surface area (Å²) in [5.74, 6) is 1.54. The van der Waals surface area contributed by atoms with Crippen molar-refractivity contribution in [2.75, 3.05) is 19.1 Å². The van der Waals surface area contributed by atoms with Gasteiger partial charge in [0.25, 0.3) is 5.91 Å². The summed E-state index contributed by atoms with van der Waals surface area (Å²) in [6.45, 7) is 2.51. The van der Waals surface area contributed by atoms with E-state index in [4.69, 9.17) is 4.74 Å². The van der Waals surface area contributed by atoms with Crippen LogP contribution in [-0.2, 0) is 11.3 Å². The third kappa shape index (κ3) is 2.92. The maximum absolute atomic E-state index is 12.9. The highest BCUT2D eigenvalue weighted by atomic mass is 16.5. The molecule has 1 N–H and O–H groups in total. The zero-order chi connectivity index (χ0) is 21.7. The summed E-state index contributed by atoms with van der Waals surface area (Å²) in [6.07, 6.45) is -0.549. The van der Waals surface area contributed by atoms with Gasteiger partial charge in [-0.15, -0.1) is 10.2 Å². The highest BCUT2D eigenvalue weighted by Gasteiger charge is 2.52. The Kier molecular flexibility index (Phi) is 4.39. The van der Waals surface area contributed by atoms with Crippen molar-refractivity contribution >= 4 is 17.9 Å². The van der Waals surface area contributed by atoms with Crippen molar-refractivity contribution in [1.82, 2.24) is 25.0 Å². The number of urea groups is 1. The number of carbonyl (C=O) groups excluding carboxylic acids is 2. The number of methoxy groups -OCH3 is 1. The Morgan fingerprint density at radius 2 is 1.81 bits per heavy atom. The summed E-state index contributed by atoms with van der Waals surface area (Å²) in [6, 6.07) is 14.4. The quantitative estimate of drug-likeness (QED) is 0.699. The number of hydrogen-bond acceptors (Lipinski definition) is 6. The Balaban J connectivity index is 1.63. The number of nitrogens with zero attached hydrogens (tertiary/aromatic N) is 5. The van der Waals surface area contributed by atoms with E-state index in [1.165, 1.54) is 4.90 Å². The monoisotopic (exact) mass is 418 g/mol. The first kappa shape index (κ1) is 19.1. The molecule has 3 amide bonds. The third-order valence-corrected chi connectivity index (χ3v) is 5.98. The summed E-state index contributed by atoms with van der Waals surface area (Å²) in [5.41, 5.74) is 3.02. The molecule has 2 aliphatic heterocycles. The number of rotatable bonds is 4. The molecule has 0 aliphatic carbocycles. The molecule has 0 bridgehead atoms. The second kappa shape index (κ2) is 7.12. The molecule has 1 fully saturated rings. The fourth-order valence-corrected chi connectivity index (χ4v) is 4.28. The van der Waals surface area contributed by atoms with Gasteiger partial charge in [-0.2, -0.15) is 0 Å². The molecule has 9 heteroatoms. The number of ether oxygens (including phenoxy) is 1. The van der Waals surface area contributed by atoms with Crippen LogP contribution in [0.4, 0.5) is 10.7 Å². The zero-order valence-corrected chi connectivity index (χ0v) is 17.4. The average molecular weight is 418 g/mol. The van der Waals surface area contributed by atoms with Crippen LogP contribution in [0, 0.1) is 6.92 Å². The van der Waals surface area contributed by atoms with Crippen molar-refractivity contribution < 1.29 is 14.3 Å². The predicted octanol–water partition coefficient (Wildman–Crippen LogP) is 2.33. The smallest absolute Gasteiger partial charge is 0.325 e. The highest BCUT2D eigenvalue weighted by molar-refractivity contribution is 6.02. The number of likely N-dealkylation sites (N-methyl/N-ethyl adjacent to an activating group) is 1. The molecular weight excluding hydrogens is 396 g/mol. The summed E-state index contributed by atoms with van der Waals surface area (Å²) < 4.78 is 7.12. The summed E-state index contributed by atoms with van der Waals surface area (Å²) in [7, 11) is 3.29. The van der Waals surface area contributed by atoms with Crippen LogP contribution in [0.3, 0.4) is 0 Å². The van der Waals surface area contributed by atoms with Crippen molar-refractivity contribution in [3.8, 4) is 17.1 Å². The number of amides is 3. The molecule has 0 saturated carbocycles. The molecule has 3 heterocycles. The van der Waals surface area contributed by atoms with Crippen LogP contribution in [0.2, 0.25) is 0 Å². The van der Waals surface area contributed by atoms with Gasteiger partial charge in [0.05, 0.1) is 7.11 Å². The number of carbonyl (C=O) groups is 2. The average Bonchev–Trinajstić information content (AvgIpc) is 3.33. The van der Waals surface area contributed by atoms with Crippen LogP contribution < -0.4 is 15.0 Å². The van der Waals surface area contributed by atoms with E-state index >= 15 is 0 Å². The van der Waals surface area contributed by atoms with Crippen LogP contribution >= 0.6 is 0 Å². The Labute approximate surface area is 179 Å². The van der Waals surface area contributed by atoms with Crippen molar-refractivity contribution in [2.45, 2.75) is 25.7 Å². The van der Waals surface area contributed by atoms with Gasteiger partial charge in [0.15, 0.2) is 11.9 Å². The summed E-state index contributed by atoms with van der Waals surface area (Å²) in [5, 5.41) is 11.3. The second-order valence-electron chi connectivity index (χ2n) is 7.74. The summed E-state index contributed by atoms with van der Waals surface area (Å²) >= 11 is 0. The molecule has 158 valence electrons. The first-order chi connectivity index (χ1) is 15.0. The standard InChI is InChI=1S/C22H22N6O3/c1-13-6-4-5-7-15(13)12-27-17-19(29)23-22(30)26(2)20(17)28-18(24-25-21(27)28)14-8-10-16(31-3)11-9-14/h4-11,17,20H,12H2,1-3H3,(H,23,29,30). The van der Waals surface area contributed by atoms with Crippen LogP contribution in [0.25, 0.3) is 11.4 Å². The van der Waals surface area contributed by atoms with E-state index in [0.717, 1.165) is 22.4 Å². The molecule has 2 unspecified atom stereocenters. The fraction of sp³-hybridized carbons (Fsp3) is 0.273. The van der Waals surface area contributed by atoms with Gasteiger partial charge in [-0.1, -0.05) is 24.3 Å². The Morgan fingerprint density at radius 1 is 1.06 bits per heavy atom. The number of benzene rings is 2. The van der Waals surface area contributed by atoms with Gasteiger partial charge >= 0.3 is 6.03 Å². The minimum Gasteiger partial charge on any atom is -0.497 e. The van der Waals surface area contributed by atoms with Crippen molar-refractivity contribution in [1.29, 1.82) is 0 Å². The Morgan fingerprint density at radius 3 is 2.52 bits per heavy atom. The number of nitrogens with one attached hydrogen (secondary N) is 1. The molecule has 2 atom stereocenters. The first-order valence-corrected chi connectivity index (χ1v) is 9.97. The van der Waals surface area contributed by atoms with E-state index in [2.05, 4.69) is 15.5 Å². The number of aryl methyl sites for hydroxylation is 1. The molecule has 0 spiro atoms. The Hall–Kier alpha value is -3.88. The number of imide groups is 1. The largest absolute Gasteiger partial charge is 0.497 e. The number of fused-ring (bicyclic) bond motifs is 3. The van der Waals surface area contributed by atoms with Gasteiger partial charge in [0.2, 0.25) is 5.95 Å². The molecular formula is C22H22N6O3. The number of hydrogen-bond donors (Lipinski definition) is 1. The minimum absolute atomic E-state index is 0.340. The van der Waals surface area contributed by atoms with Gasteiger partial charge in [0.1, 0.15) is 11.9 Å². The molecule has 2 aromatic carbocycles.